The van der Waals surface area contributed by atoms with Crippen molar-refractivity contribution in [3.05, 3.63) is 0 Å². The molecule has 0 saturated heterocycles. The molecule has 1 amide bonds. The smallest absolute Gasteiger partial charge is 0.396 e. The quantitative estimate of drug-likeness (QED) is 0.734. The van der Waals surface area contributed by atoms with Crippen LogP contribution >= 0.6 is 0 Å². The first kappa shape index (κ1) is 13.2. The lowest BCUT2D eigenvalue weighted by Gasteiger charge is -2.23. The summed E-state index contributed by atoms with van der Waals surface area (Å²) in [6, 6.07) is 0. The summed E-state index contributed by atoms with van der Waals surface area (Å²) in [5.74, 6) is -1.94. The fourth-order valence-corrected chi connectivity index (χ4v) is 0.811. The molecule has 0 aromatic heterocycles. The first-order valence-electron chi connectivity index (χ1n) is 4.15. The molecule has 0 saturated carbocycles. The molecule has 0 rings (SSSR count). The molecule has 0 fully saturated rings. The third-order valence-electron chi connectivity index (χ3n) is 1.77. The Balaban J connectivity index is 4.00. The monoisotopic (exact) mass is 213 g/mol. The summed E-state index contributed by atoms with van der Waals surface area (Å²) in [7, 11) is 0. The maximum absolute atomic E-state index is 11.7. The van der Waals surface area contributed by atoms with Gasteiger partial charge < -0.3 is 10.4 Å². The maximum atomic E-state index is 11.7. The minimum atomic E-state index is -4.84. The van der Waals surface area contributed by atoms with E-state index in [1.807, 2.05) is 0 Å². The molecule has 0 aliphatic rings. The number of carbonyl (C=O) groups is 1. The van der Waals surface area contributed by atoms with Crippen molar-refractivity contribution in [1.29, 1.82) is 0 Å². The Morgan fingerprint density at radius 3 is 2.21 bits per heavy atom. The van der Waals surface area contributed by atoms with Crippen LogP contribution in [0, 0.1) is 5.41 Å². The molecule has 0 aromatic rings. The van der Waals surface area contributed by atoms with Crippen molar-refractivity contribution in [3.63, 3.8) is 0 Å². The highest BCUT2D eigenvalue weighted by atomic mass is 19.4. The number of hydrogen-bond acceptors (Lipinski definition) is 2. The fourth-order valence-electron chi connectivity index (χ4n) is 0.811. The first-order chi connectivity index (χ1) is 6.19. The average molecular weight is 213 g/mol. The second-order valence-corrected chi connectivity index (χ2v) is 3.82. The first-order valence-corrected chi connectivity index (χ1v) is 4.15. The summed E-state index contributed by atoms with van der Waals surface area (Å²) in [5.41, 5.74) is -0.532. The number of nitrogens with one attached hydrogen (secondary N) is 1. The van der Waals surface area contributed by atoms with E-state index in [2.05, 4.69) is 0 Å². The Bertz CT molecular complexity index is 201. The van der Waals surface area contributed by atoms with Gasteiger partial charge in [0.2, 0.25) is 0 Å². The van der Waals surface area contributed by atoms with Crippen LogP contribution in [0.2, 0.25) is 0 Å². The van der Waals surface area contributed by atoms with Crippen molar-refractivity contribution in [2.24, 2.45) is 5.41 Å². The summed E-state index contributed by atoms with van der Waals surface area (Å²) in [5, 5.41) is 10.4. The van der Waals surface area contributed by atoms with E-state index in [1.54, 1.807) is 19.2 Å². The second-order valence-electron chi connectivity index (χ2n) is 3.82. The Hall–Kier alpha value is -0.780. The Morgan fingerprint density at radius 2 is 1.86 bits per heavy atom. The van der Waals surface area contributed by atoms with Gasteiger partial charge in [-0.3, -0.25) is 4.79 Å². The summed E-state index contributed by atoms with van der Waals surface area (Å²) in [4.78, 5) is 10.4. The molecule has 6 heteroatoms. The zero-order valence-electron chi connectivity index (χ0n) is 8.11. The van der Waals surface area contributed by atoms with Gasteiger partial charge in [-0.25, -0.2) is 0 Å². The fraction of sp³-hybridized carbons (Fsp3) is 0.875. The van der Waals surface area contributed by atoms with Crippen LogP contribution in [0.1, 0.15) is 20.3 Å². The predicted molar refractivity (Wildman–Crippen MR) is 44.5 cm³/mol. The van der Waals surface area contributed by atoms with Crippen molar-refractivity contribution in [2.75, 3.05) is 13.2 Å². The highest BCUT2D eigenvalue weighted by Gasteiger charge is 2.39. The largest absolute Gasteiger partial charge is 0.471 e. The Morgan fingerprint density at radius 1 is 1.36 bits per heavy atom. The molecule has 0 spiro atoms. The molecule has 3 nitrogen and oxygen atoms in total. The van der Waals surface area contributed by atoms with Crippen LogP contribution in [-0.2, 0) is 4.79 Å². The lowest BCUT2D eigenvalue weighted by molar-refractivity contribution is -0.174. The lowest BCUT2D eigenvalue weighted by atomic mass is 9.90. The van der Waals surface area contributed by atoms with Gasteiger partial charge in [-0.05, 0) is 11.8 Å². The molecule has 0 unspecified atom stereocenters. The van der Waals surface area contributed by atoms with E-state index in [-0.39, 0.29) is 13.2 Å². The van der Waals surface area contributed by atoms with Gasteiger partial charge in [-0.15, -0.1) is 0 Å². The van der Waals surface area contributed by atoms with E-state index in [0.29, 0.717) is 6.42 Å². The van der Waals surface area contributed by atoms with Crippen LogP contribution in [0.4, 0.5) is 13.2 Å². The van der Waals surface area contributed by atoms with Crippen LogP contribution in [0.15, 0.2) is 0 Å². The summed E-state index contributed by atoms with van der Waals surface area (Å²) < 4.78 is 35.2. The van der Waals surface area contributed by atoms with E-state index in [0.717, 1.165) is 0 Å². The van der Waals surface area contributed by atoms with Crippen molar-refractivity contribution < 1.29 is 23.1 Å². The van der Waals surface area contributed by atoms with Gasteiger partial charge in [-0.1, -0.05) is 13.8 Å². The molecule has 0 aliphatic heterocycles. The predicted octanol–water partition coefficient (Wildman–Crippen LogP) is 1.07. The number of aliphatic hydroxyl groups excluding tert-OH is 1. The normalized spacial score (nSPS) is 12.7. The molecule has 0 aliphatic carbocycles. The number of rotatable bonds is 4. The SMILES string of the molecule is CC(C)(CCO)CNC(=O)C(F)(F)F. The van der Waals surface area contributed by atoms with E-state index < -0.39 is 17.5 Å². The molecular weight excluding hydrogens is 199 g/mol. The number of hydrogen-bond donors (Lipinski definition) is 2. The van der Waals surface area contributed by atoms with Crippen LogP contribution in [0.25, 0.3) is 0 Å². The van der Waals surface area contributed by atoms with E-state index in [9.17, 15) is 18.0 Å². The number of amides is 1. The van der Waals surface area contributed by atoms with Crippen molar-refractivity contribution >= 4 is 5.91 Å². The zero-order valence-corrected chi connectivity index (χ0v) is 8.11. The highest BCUT2D eigenvalue weighted by Crippen LogP contribution is 2.20. The summed E-state index contributed by atoms with van der Waals surface area (Å²) in [6.45, 7) is 3.11. The molecular formula is C8H14F3NO2. The molecule has 14 heavy (non-hydrogen) atoms. The van der Waals surface area contributed by atoms with Crippen LogP contribution in [0.5, 0.6) is 0 Å². The summed E-state index contributed by atoms with van der Waals surface area (Å²) in [6.07, 6.45) is -4.50. The van der Waals surface area contributed by atoms with Crippen LogP contribution < -0.4 is 5.32 Å². The number of halogens is 3. The molecule has 0 atom stereocenters. The Labute approximate surface area is 80.3 Å². The molecule has 0 radical (unpaired) electrons. The number of carbonyl (C=O) groups excluding carboxylic acids is 1. The van der Waals surface area contributed by atoms with Crippen molar-refractivity contribution in [2.45, 2.75) is 26.4 Å². The second kappa shape index (κ2) is 4.63. The molecule has 0 heterocycles. The topological polar surface area (TPSA) is 49.3 Å². The van der Waals surface area contributed by atoms with Gasteiger partial charge in [0.25, 0.3) is 0 Å². The van der Waals surface area contributed by atoms with Crippen LogP contribution in [-0.4, -0.2) is 30.3 Å². The number of aliphatic hydroxyl groups is 1. The third kappa shape index (κ3) is 5.06. The minimum Gasteiger partial charge on any atom is -0.396 e. The lowest BCUT2D eigenvalue weighted by Crippen LogP contribution is -2.41. The third-order valence-corrected chi connectivity index (χ3v) is 1.77. The van der Waals surface area contributed by atoms with Gasteiger partial charge in [0.15, 0.2) is 0 Å². The van der Waals surface area contributed by atoms with E-state index in [4.69, 9.17) is 5.11 Å². The van der Waals surface area contributed by atoms with Gasteiger partial charge in [0.1, 0.15) is 0 Å². The zero-order chi connectivity index (χ0) is 11.4. The molecule has 0 aromatic carbocycles. The van der Waals surface area contributed by atoms with E-state index in [1.165, 1.54) is 0 Å². The maximum Gasteiger partial charge on any atom is 0.471 e. The Kier molecular flexibility index (Phi) is 4.38. The van der Waals surface area contributed by atoms with Crippen molar-refractivity contribution in [1.82, 2.24) is 5.32 Å². The average Bonchev–Trinajstić information content (AvgIpc) is 1.98. The standard InChI is InChI=1S/C8H14F3NO2/c1-7(2,3-4-13)5-12-6(14)8(9,10)11/h13H,3-5H2,1-2H3,(H,12,14). The minimum absolute atomic E-state index is 0.105. The van der Waals surface area contributed by atoms with Crippen LogP contribution in [0.3, 0.4) is 0 Å². The van der Waals surface area contributed by atoms with Gasteiger partial charge in [0.05, 0.1) is 0 Å². The van der Waals surface area contributed by atoms with Gasteiger partial charge in [0, 0.05) is 13.2 Å². The van der Waals surface area contributed by atoms with Gasteiger partial charge >= 0.3 is 12.1 Å². The van der Waals surface area contributed by atoms with Gasteiger partial charge in [-0.2, -0.15) is 13.2 Å². The molecule has 2 N–H and O–H groups in total. The summed E-state index contributed by atoms with van der Waals surface area (Å²) >= 11 is 0. The van der Waals surface area contributed by atoms with Crippen molar-refractivity contribution in [3.8, 4) is 0 Å². The number of alkyl halides is 3. The molecule has 0 bridgehead atoms. The van der Waals surface area contributed by atoms with E-state index >= 15 is 0 Å². The molecule has 84 valence electrons. The highest BCUT2D eigenvalue weighted by molar-refractivity contribution is 5.81.